The third-order valence-corrected chi connectivity index (χ3v) is 6.07. The van der Waals surface area contributed by atoms with E-state index in [1.165, 1.54) is 10.9 Å². The van der Waals surface area contributed by atoms with Crippen molar-refractivity contribution in [2.24, 2.45) is 5.10 Å². The first-order chi connectivity index (χ1) is 17.5. The molecule has 0 spiro atoms. The molecule has 0 unspecified atom stereocenters. The minimum absolute atomic E-state index is 0.248. The molecule has 0 aliphatic rings. The summed E-state index contributed by atoms with van der Waals surface area (Å²) in [5.74, 6) is 1.59. The zero-order chi connectivity index (χ0) is 25.2. The molecule has 36 heavy (non-hydrogen) atoms. The fourth-order valence-electron chi connectivity index (χ4n) is 3.77. The van der Waals surface area contributed by atoms with Gasteiger partial charge >= 0.3 is 0 Å². The summed E-state index contributed by atoms with van der Waals surface area (Å²) in [4.78, 5) is 18.2. The highest BCUT2D eigenvalue weighted by Gasteiger charge is 2.17. The van der Waals surface area contributed by atoms with Crippen molar-refractivity contribution in [1.29, 1.82) is 0 Å². The van der Waals surface area contributed by atoms with E-state index in [2.05, 4.69) is 27.6 Å². The highest BCUT2D eigenvalue weighted by molar-refractivity contribution is 9.10. The van der Waals surface area contributed by atoms with Crippen LogP contribution in [0.25, 0.3) is 33.5 Å². The summed E-state index contributed by atoms with van der Waals surface area (Å²) in [6.07, 6.45) is 3.15. The fourth-order valence-corrected chi connectivity index (χ4v) is 4.40. The SMILES string of the molecule is C=CCOc1c(C=Nn2c(-c3cc4cc(Cl)ccc4o3)nc3ccccc3c2=O)cc(Br)cc1OC. The molecule has 5 rings (SSSR count). The van der Waals surface area contributed by atoms with E-state index in [4.69, 9.17) is 30.5 Å². The number of hydrogen-bond donors (Lipinski definition) is 0. The second-order valence-corrected chi connectivity index (χ2v) is 9.09. The quantitative estimate of drug-likeness (QED) is 0.163. The Bertz CT molecular complexity index is 1710. The van der Waals surface area contributed by atoms with Crippen molar-refractivity contribution in [1.82, 2.24) is 9.66 Å². The number of halogens is 2. The molecule has 0 fully saturated rings. The Hall–Kier alpha value is -3.88. The lowest BCUT2D eigenvalue weighted by atomic mass is 10.2. The Balaban J connectivity index is 1.72. The maximum atomic E-state index is 13.5. The van der Waals surface area contributed by atoms with Crippen LogP contribution in [0.3, 0.4) is 0 Å². The predicted molar refractivity (Wildman–Crippen MR) is 146 cm³/mol. The molecule has 0 atom stereocenters. The summed E-state index contributed by atoms with van der Waals surface area (Å²) in [5, 5.41) is 6.31. The number of rotatable bonds is 7. The average Bonchev–Trinajstić information content (AvgIpc) is 3.30. The number of methoxy groups -OCH3 is 1. The van der Waals surface area contributed by atoms with E-state index in [-0.39, 0.29) is 18.0 Å². The van der Waals surface area contributed by atoms with Crippen LogP contribution in [0.4, 0.5) is 0 Å². The lowest BCUT2D eigenvalue weighted by molar-refractivity contribution is 0.326. The van der Waals surface area contributed by atoms with Gasteiger partial charge < -0.3 is 13.9 Å². The summed E-state index contributed by atoms with van der Waals surface area (Å²) < 4.78 is 19.3. The first-order valence-electron chi connectivity index (χ1n) is 10.9. The molecule has 0 bridgehead atoms. The molecular formula is C27H19BrClN3O4. The maximum Gasteiger partial charge on any atom is 0.282 e. The normalized spacial score (nSPS) is 11.4. The highest BCUT2D eigenvalue weighted by Crippen LogP contribution is 2.34. The number of nitrogens with zero attached hydrogens (tertiary/aromatic N) is 3. The third kappa shape index (κ3) is 4.53. The van der Waals surface area contributed by atoms with Gasteiger partial charge in [-0.2, -0.15) is 9.78 Å². The minimum Gasteiger partial charge on any atom is -0.493 e. The van der Waals surface area contributed by atoms with Crippen molar-refractivity contribution in [2.45, 2.75) is 0 Å². The van der Waals surface area contributed by atoms with Crippen LogP contribution in [-0.2, 0) is 0 Å². The summed E-state index contributed by atoms with van der Waals surface area (Å²) in [5.41, 5.74) is 1.39. The Labute approximate surface area is 219 Å². The largest absolute Gasteiger partial charge is 0.493 e. The summed E-state index contributed by atoms with van der Waals surface area (Å²) in [7, 11) is 1.55. The van der Waals surface area contributed by atoms with Gasteiger partial charge in [-0.1, -0.05) is 52.3 Å². The molecule has 5 aromatic rings. The van der Waals surface area contributed by atoms with E-state index in [1.807, 2.05) is 12.1 Å². The molecule has 2 heterocycles. The van der Waals surface area contributed by atoms with Gasteiger partial charge in [-0.3, -0.25) is 4.79 Å². The lowest BCUT2D eigenvalue weighted by Gasteiger charge is -2.13. The van der Waals surface area contributed by atoms with Gasteiger partial charge in [-0.05, 0) is 48.5 Å². The average molecular weight is 565 g/mol. The fraction of sp³-hybridized carbons (Fsp3) is 0.0741. The zero-order valence-corrected chi connectivity index (χ0v) is 21.4. The van der Waals surface area contributed by atoms with Gasteiger partial charge in [-0.25, -0.2) is 4.98 Å². The number of aromatic nitrogens is 2. The van der Waals surface area contributed by atoms with E-state index in [9.17, 15) is 4.79 Å². The Morgan fingerprint density at radius 1 is 1.19 bits per heavy atom. The lowest BCUT2D eigenvalue weighted by Crippen LogP contribution is -2.20. The molecule has 0 aliphatic heterocycles. The maximum absolute atomic E-state index is 13.5. The molecule has 0 saturated heterocycles. The molecule has 180 valence electrons. The number of benzene rings is 3. The molecule has 3 aromatic carbocycles. The second kappa shape index (κ2) is 10.0. The van der Waals surface area contributed by atoms with Gasteiger partial charge in [0.2, 0.25) is 5.82 Å². The van der Waals surface area contributed by atoms with Crippen molar-refractivity contribution < 1.29 is 13.9 Å². The number of para-hydroxylation sites is 1. The second-order valence-electron chi connectivity index (χ2n) is 7.73. The molecule has 0 aliphatic carbocycles. The van der Waals surface area contributed by atoms with Gasteiger partial charge in [0.1, 0.15) is 12.2 Å². The van der Waals surface area contributed by atoms with Crippen LogP contribution >= 0.6 is 27.5 Å². The van der Waals surface area contributed by atoms with E-state index in [0.717, 1.165) is 9.86 Å². The first kappa shape index (κ1) is 23.8. The Morgan fingerprint density at radius 2 is 2.03 bits per heavy atom. The van der Waals surface area contributed by atoms with Gasteiger partial charge in [0.25, 0.3) is 5.56 Å². The van der Waals surface area contributed by atoms with Crippen molar-refractivity contribution in [3.63, 3.8) is 0 Å². The highest BCUT2D eigenvalue weighted by atomic mass is 79.9. The zero-order valence-electron chi connectivity index (χ0n) is 19.1. The number of furan rings is 1. The predicted octanol–water partition coefficient (Wildman–Crippen LogP) is 6.68. The molecule has 0 radical (unpaired) electrons. The van der Waals surface area contributed by atoms with Crippen LogP contribution in [0.5, 0.6) is 11.5 Å². The van der Waals surface area contributed by atoms with Gasteiger partial charge in [-0.15, -0.1) is 0 Å². The minimum atomic E-state index is -0.346. The van der Waals surface area contributed by atoms with Crippen molar-refractivity contribution in [2.75, 3.05) is 13.7 Å². The van der Waals surface area contributed by atoms with Crippen LogP contribution in [0.15, 0.2) is 92.1 Å². The van der Waals surface area contributed by atoms with Crippen molar-refractivity contribution in [3.8, 4) is 23.1 Å². The molecule has 0 N–H and O–H groups in total. The standard InChI is InChI=1S/C27H19BrClN3O4/c1-3-10-35-25-17(11-18(28)14-23(25)34-2)15-30-32-26(31-21-7-5-4-6-20(21)27(32)33)24-13-16-12-19(29)8-9-22(16)36-24/h3-9,11-15H,1,10H2,2H3. The van der Waals surface area contributed by atoms with Crippen LogP contribution in [0.1, 0.15) is 5.56 Å². The Kier molecular flexibility index (Phi) is 6.63. The molecule has 2 aromatic heterocycles. The summed E-state index contributed by atoms with van der Waals surface area (Å²) >= 11 is 9.63. The van der Waals surface area contributed by atoms with Gasteiger partial charge in [0.15, 0.2) is 17.3 Å². The van der Waals surface area contributed by atoms with Gasteiger partial charge in [0.05, 0.1) is 24.2 Å². The van der Waals surface area contributed by atoms with Crippen LogP contribution in [-0.4, -0.2) is 29.6 Å². The molecule has 0 saturated carbocycles. The van der Waals surface area contributed by atoms with Crippen LogP contribution in [0, 0.1) is 0 Å². The monoisotopic (exact) mass is 563 g/mol. The number of ether oxygens (including phenoxy) is 2. The number of hydrogen-bond acceptors (Lipinski definition) is 6. The van der Waals surface area contributed by atoms with Crippen LogP contribution in [0.2, 0.25) is 5.02 Å². The summed E-state index contributed by atoms with van der Waals surface area (Å²) in [6.45, 7) is 3.97. The topological polar surface area (TPSA) is 78.9 Å². The van der Waals surface area contributed by atoms with Crippen LogP contribution < -0.4 is 15.0 Å². The first-order valence-corrected chi connectivity index (χ1v) is 12.0. The summed E-state index contributed by atoms with van der Waals surface area (Å²) in [6, 6.07) is 17.8. The smallest absolute Gasteiger partial charge is 0.282 e. The van der Waals surface area contributed by atoms with E-state index >= 15 is 0 Å². The third-order valence-electron chi connectivity index (χ3n) is 5.38. The van der Waals surface area contributed by atoms with E-state index in [0.29, 0.717) is 44.3 Å². The molecule has 0 amide bonds. The van der Waals surface area contributed by atoms with Crippen molar-refractivity contribution in [3.05, 3.63) is 98.7 Å². The Morgan fingerprint density at radius 3 is 2.83 bits per heavy atom. The molecular weight excluding hydrogens is 546 g/mol. The molecule has 9 heteroatoms. The van der Waals surface area contributed by atoms with Crippen molar-refractivity contribution >= 4 is 55.6 Å². The van der Waals surface area contributed by atoms with Gasteiger partial charge in [0, 0.05) is 20.4 Å². The molecule has 7 nitrogen and oxygen atoms in total. The number of fused-ring (bicyclic) bond motifs is 2. The van der Waals surface area contributed by atoms with E-state index in [1.54, 1.807) is 61.7 Å². The van der Waals surface area contributed by atoms with E-state index < -0.39 is 0 Å².